The average Bonchev–Trinajstić information content (AvgIpc) is 2.53. The molecule has 0 spiro atoms. The van der Waals surface area contributed by atoms with Crippen molar-refractivity contribution in [3.8, 4) is 0 Å². The van der Waals surface area contributed by atoms with Crippen LogP contribution < -0.4 is 5.32 Å². The van der Waals surface area contributed by atoms with Crippen LogP contribution in [0.4, 0.5) is 0 Å². The Bertz CT molecular complexity index is 339. The summed E-state index contributed by atoms with van der Waals surface area (Å²) >= 11 is 1.16. The number of carbonyl (C=O) groups is 2. The molecule has 0 heterocycles. The van der Waals surface area contributed by atoms with E-state index in [4.69, 9.17) is 5.11 Å². The highest BCUT2D eigenvalue weighted by Crippen LogP contribution is 2.36. The lowest BCUT2D eigenvalue weighted by molar-refractivity contribution is -0.133. The summed E-state index contributed by atoms with van der Waals surface area (Å²) in [5, 5.41) is 11.6. The third-order valence-electron chi connectivity index (χ3n) is 4.02. The van der Waals surface area contributed by atoms with Crippen molar-refractivity contribution < 1.29 is 14.7 Å². The van der Waals surface area contributed by atoms with Crippen molar-refractivity contribution in [1.82, 2.24) is 5.32 Å². The summed E-state index contributed by atoms with van der Waals surface area (Å²) in [6, 6.07) is 0.264. The SMILES string of the molecule is CC(C)(C)C1CCCC(NC(=O)CSCC(=O)O)CC1. The zero-order valence-corrected chi connectivity index (χ0v) is 13.6. The van der Waals surface area contributed by atoms with Crippen molar-refractivity contribution >= 4 is 23.6 Å². The molecule has 2 atom stereocenters. The third kappa shape index (κ3) is 6.64. The number of amides is 1. The number of rotatable bonds is 5. The summed E-state index contributed by atoms with van der Waals surface area (Å²) in [6.45, 7) is 6.87. The molecule has 0 bridgehead atoms. The largest absolute Gasteiger partial charge is 0.481 e. The van der Waals surface area contributed by atoms with Gasteiger partial charge < -0.3 is 10.4 Å². The van der Waals surface area contributed by atoms with E-state index in [-0.39, 0.29) is 23.5 Å². The highest BCUT2D eigenvalue weighted by molar-refractivity contribution is 8.00. The summed E-state index contributed by atoms with van der Waals surface area (Å²) in [5.41, 5.74) is 0.343. The smallest absolute Gasteiger partial charge is 0.313 e. The second-order valence-corrected chi connectivity index (χ2v) is 7.71. The van der Waals surface area contributed by atoms with Gasteiger partial charge in [-0.15, -0.1) is 11.8 Å². The number of aliphatic carboxylic acids is 1. The molecule has 116 valence electrons. The minimum atomic E-state index is -0.870. The first kappa shape index (κ1) is 17.3. The first-order valence-corrected chi connectivity index (χ1v) is 8.53. The Morgan fingerprint density at radius 2 is 1.85 bits per heavy atom. The molecule has 2 unspecified atom stereocenters. The fourth-order valence-corrected chi connectivity index (χ4v) is 3.36. The van der Waals surface area contributed by atoms with E-state index in [9.17, 15) is 9.59 Å². The molecular formula is C15H27NO3S. The fourth-order valence-electron chi connectivity index (χ4n) is 2.81. The van der Waals surface area contributed by atoms with Crippen LogP contribution in [0.3, 0.4) is 0 Å². The van der Waals surface area contributed by atoms with Crippen molar-refractivity contribution in [3.63, 3.8) is 0 Å². The molecule has 1 amide bonds. The zero-order chi connectivity index (χ0) is 15.2. The molecule has 4 nitrogen and oxygen atoms in total. The van der Waals surface area contributed by atoms with Crippen molar-refractivity contribution in [1.29, 1.82) is 0 Å². The van der Waals surface area contributed by atoms with Crippen molar-refractivity contribution in [3.05, 3.63) is 0 Å². The molecule has 1 fully saturated rings. The van der Waals surface area contributed by atoms with Crippen LogP contribution in [0, 0.1) is 11.3 Å². The molecule has 0 aromatic heterocycles. The second kappa shape index (κ2) is 7.91. The third-order valence-corrected chi connectivity index (χ3v) is 4.93. The van der Waals surface area contributed by atoms with Gasteiger partial charge in [-0.05, 0) is 37.0 Å². The van der Waals surface area contributed by atoms with E-state index in [1.807, 2.05) is 0 Å². The summed E-state index contributed by atoms with van der Waals surface area (Å²) in [4.78, 5) is 22.2. The number of hydrogen-bond acceptors (Lipinski definition) is 3. The van der Waals surface area contributed by atoms with Gasteiger partial charge in [0.25, 0.3) is 0 Å². The fraction of sp³-hybridized carbons (Fsp3) is 0.867. The van der Waals surface area contributed by atoms with Gasteiger partial charge in [0, 0.05) is 6.04 Å². The maximum atomic E-state index is 11.8. The molecule has 1 saturated carbocycles. The van der Waals surface area contributed by atoms with E-state index in [1.165, 1.54) is 6.42 Å². The van der Waals surface area contributed by atoms with Gasteiger partial charge in [0.1, 0.15) is 0 Å². The van der Waals surface area contributed by atoms with Crippen LogP contribution in [0.1, 0.15) is 52.9 Å². The highest BCUT2D eigenvalue weighted by Gasteiger charge is 2.28. The standard InChI is InChI=1S/C15H27NO3S/c1-15(2,3)11-5-4-6-12(8-7-11)16-13(17)9-20-10-14(18)19/h11-12H,4-10H2,1-3H3,(H,16,17)(H,18,19). The number of carbonyl (C=O) groups excluding carboxylic acids is 1. The first-order valence-electron chi connectivity index (χ1n) is 7.38. The van der Waals surface area contributed by atoms with Crippen molar-refractivity contribution in [2.75, 3.05) is 11.5 Å². The van der Waals surface area contributed by atoms with Gasteiger partial charge in [0.15, 0.2) is 0 Å². The molecule has 0 saturated heterocycles. The quantitative estimate of drug-likeness (QED) is 0.766. The number of carboxylic acid groups (broad SMARTS) is 1. The van der Waals surface area contributed by atoms with Crippen LogP contribution in [0.25, 0.3) is 0 Å². The molecular weight excluding hydrogens is 274 g/mol. The van der Waals surface area contributed by atoms with Crippen LogP contribution in [-0.2, 0) is 9.59 Å². The topological polar surface area (TPSA) is 66.4 Å². The van der Waals surface area contributed by atoms with Gasteiger partial charge in [-0.25, -0.2) is 0 Å². The van der Waals surface area contributed by atoms with Gasteiger partial charge in [0.2, 0.25) is 5.91 Å². The Kier molecular flexibility index (Phi) is 6.86. The van der Waals surface area contributed by atoms with Gasteiger partial charge in [0.05, 0.1) is 11.5 Å². The molecule has 20 heavy (non-hydrogen) atoms. The minimum Gasteiger partial charge on any atom is -0.481 e. The van der Waals surface area contributed by atoms with Crippen LogP contribution in [0.15, 0.2) is 0 Å². The normalized spacial score (nSPS) is 23.9. The van der Waals surface area contributed by atoms with Gasteiger partial charge >= 0.3 is 5.97 Å². The predicted octanol–water partition coefficient (Wildman–Crippen LogP) is 2.92. The van der Waals surface area contributed by atoms with E-state index in [0.717, 1.165) is 43.4 Å². The molecule has 0 aromatic carbocycles. The van der Waals surface area contributed by atoms with Gasteiger partial charge in [-0.3, -0.25) is 9.59 Å². The Morgan fingerprint density at radius 3 is 2.45 bits per heavy atom. The maximum absolute atomic E-state index is 11.8. The molecule has 1 aliphatic rings. The van der Waals surface area contributed by atoms with Crippen LogP contribution >= 0.6 is 11.8 Å². The number of thioether (sulfide) groups is 1. The lowest BCUT2D eigenvalue weighted by Crippen LogP contribution is -2.36. The zero-order valence-electron chi connectivity index (χ0n) is 12.8. The van der Waals surface area contributed by atoms with E-state index >= 15 is 0 Å². The summed E-state index contributed by atoms with van der Waals surface area (Å²) in [5.74, 6) is 0.0573. The highest BCUT2D eigenvalue weighted by atomic mass is 32.2. The van der Waals surface area contributed by atoms with E-state index < -0.39 is 5.97 Å². The number of hydrogen-bond donors (Lipinski definition) is 2. The summed E-state index contributed by atoms with van der Waals surface area (Å²) < 4.78 is 0. The molecule has 0 radical (unpaired) electrons. The summed E-state index contributed by atoms with van der Waals surface area (Å²) in [7, 11) is 0. The lowest BCUT2D eigenvalue weighted by atomic mass is 9.76. The predicted molar refractivity (Wildman–Crippen MR) is 82.9 cm³/mol. The first-order chi connectivity index (χ1) is 9.29. The van der Waals surface area contributed by atoms with E-state index in [2.05, 4.69) is 26.1 Å². The maximum Gasteiger partial charge on any atom is 0.313 e. The van der Waals surface area contributed by atoms with Crippen LogP contribution in [-0.4, -0.2) is 34.5 Å². The monoisotopic (exact) mass is 301 g/mol. The lowest BCUT2D eigenvalue weighted by Gasteiger charge is -2.29. The summed E-state index contributed by atoms with van der Waals surface area (Å²) in [6.07, 6.45) is 5.65. The Morgan fingerprint density at radius 1 is 1.15 bits per heavy atom. The van der Waals surface area contributed by atoms with E-state index in [1.54, 1.807) is 0 Å². The minimum absolute atomic E-state index is 0.00974. The Labute approximate surface area is 126 Å². The Balaban J connectivity index is 2.31. The molecule has 1 aliphatic carbocycles. The number of nitrogens with one attached hydrogen (secondary N) is 1. The second-order valence-electron chi connectivity index (χ2n) is 6.72. The van der Waals surface area contributed by atoms with Crippen LogP contribution in [0.2, 0.25) is 0 Å². The molecule has 0 aromatic rings. The van der Waals surface area contributed by atoms with E-state index in [0.29, 0.717) is 5.41 Å². The molecule has 2 N–H and O–H groups in total. The Hall–Kier alpha value is -0.710. The average molecular weight is 301 g/mol. The van der Waals surface area contributed by atoms with Gasteiger partial charge in [-0.1, -0.05) is 27.2 Å². The van der Waals surface area contributed by atoms with Crippen LogP contribution in [0.5, 0.6) is 0 Å². The van der Waals surface area contributed by atoms with Gasteiger partial charge in [-0.2, -0.15) is 0 Å². The molecule has 1 rings (SSSR count). The van der Waals surface area contributed by atoms with Crippen molar-refractivity contribution in [2.45, 2.75) is 58.9 Å². The number of carboxylic acids is 1. The molecule has 0 aliphatic heterocycles. The van der Waals surface area contributed by atoms with Crippen molar-refractivity contribution in [2.24, 2.45) is 11.3 Å². The molecule has 5 heteroatoms.